The smallest absolute Gasteiger partial charge is 0.135 e. The number of benzene rings is 1. The quantitative estimate of drug-likeness (QED) is 0.523. The van der Waals surface area contributed by atoms with E-state index in [4.69, 9.17) is 4.42 Å². The summed E-state index contributed by atoms with van der Waals surface area (Å²) in [5.41, 5.74) is 1.47. The first-order chi connectivity index (χ1) is 9.86. The molecule has 0 radical (unpaired) electrons. The number of hydrogen-bond donors (Lipinski definition) is 0. The van der Waals surface area contributed by atoms with Gasteiger partial charge in [-0.15, -0.1) is 11.3 Å². The lowest BCUT2D eigenvalue weighted by molar-refractivity contribution is 0.557. The molecule has 1 aromatic carbocycles. The fourth-order valence-electron chi connectivity index (χ4n) is 1.77. The van der Waals surface area contributed by atoms with Gasteiger partial charge in [-0.1, -0.05) is 18.2 Å². The minimum Gasteiger partial charge on any atom is -0.465 e. The SMILES string of the molecule is N#CC(=CC=Cc1ccco1)c1nc2ccccc2s1. The molecule has 0 bridgehead atoms. The van der Waals surface area contributed by atoms with Gasteiger partial charge in [0.1, 0.15) is 16.8 Å². The van der Waals surface area contributed by atoms with Crippen LogP contribution in [0.2, 0.25) is 0 Å². The highest BCUT2D eigenvalue weighted by Gasteiger charge is 2.06. The number of rotatable bonds is 3. The van der Waals surface area contributed by atoms with Crippen LogP contribution < -0.4 is 0 Å². The second kappa shape index (κ2) is 5.55. The average Bonchev–Trinajstić information content (AvgIpc) is 3.12. The van der Waals surface area contributed by atoms with Gasteiger partial charge in [-0.05, 0) is 36.4 Å². The van der Waals surface area contributed by atoms with Crippen LogP contribution in [0.25, 0.3) is 21.9 Å². The molecule has 0 saturated carbocycles. The number of nitriles is 1. The van der Waals surface area contributed by atoms with Crippen molar-refractivity contribution in [3.05, 3.63) is 65.6 Å². The Morgan fingerprint density at radius 2 is 2.15 bits per heavy atom. The van der Waals surface area contributed by atoms with Crippen LogP contribution >= 0.6 is 11.3 Å². The van der Waals surface area contributed by atoms with Crippen molar-refractivity contribution < 1.29 is 4.42 Å². The van der Waals surface area contributed by atoms with Gasteiger partial charge < -0.3 is 4.42 Å². The highest BCUT2D eigenvalue weighted by atomic mass is 32.1. The number of fused-ring (bicyclic) bond motifs is 1. The molecule has 0 aliphatic heterocycles. The number of nitrogens with zero attached hydrogens (tertiary/aromatic N) is 2. The van der Waals surface area contributed by atoms with Gasteiger partial charge in [0.05, 0.1) is 22.1 Å². The van der Waals surface area contributed by atoms with Gasteiger partial charge in [0.2, 0.25) is 0 Å². The van der Waals surface area contributed by atoms with Crippen molar-refractivity contribution in [3.8, 4) is 6.07 Å². The molecule has 3 nitrogen and oxygen atoms in total. The number of furan rings is 1. The van der Waals surface area contributed by atoms with Crippen molar-refractivity contribution in [2.45, 2.75) is 0 Å². The van der Waals surface area contributed by atoms with Crippen LogP contribution in [-0.4, -0.2) is 4.98 Å². The van der Waals surface area contributed by atoms with Gasteiger partial charge in [0.25, 0.3) is 0 Å². The van der Waals surface area contributed by atoms with Crippen LogP contribution in [0.4, 0.5) is 0 Å². The Balaban J connectivity index is 1.91. The molecule has 0 N–H and O–H groups in total. The summed E-state index contributed by atoms with van der Waals surface area (Å²) in [6, 6.07) is 13.7. The Labute approximate surface area is 120 Å². The number of aromatic nitrogens is 1. The van der Waals surface area contributed by atoms with E-state index < -0.39 is 0 Å². The molecule has 0 fully saturated rings. The monoisotopic (exact) mass is 278 g/mol. The van der Waals surface area contributed by atoms with E-state index in [-0.39, 0.29) is 0 Å². The maximum atomic E-state index is 9.25. The molecular weight excluding hydrogens is 268 g/mol. The molecule has 2 aromatic heterocycles. The zero-order valence-electron chi connectivity index (χ0n) is 10.5. The molecule has 3 aromatic rings. The number of para-hydroxylation sites is 1. The number of hydrogen-bond acceptors (Lipinski definition) is 4. The Bertz CT molecular complexity index is 787. The summed E-state index contributed by atoms with van der Waals surface area (Å²) in [6.45, 7) is 0. The van der Waals surface area contributed by atoms with Crippen LogP contribution in [0, 0.1) is 11.3 Å². The second-order valence-corrected chi connectivity index (χ2v) is 5.08. The molecule has 0 unspecified atom stereocenters. The van der Waals surface area contributed by atoms with Crippen molar-refractivity contribution in [2.24, 2.45) is 0 Å². The second-order valence-electron chi connectivity index (χ2n) is 4.05. The third-order valence-corrected chi connectivity index (χ3v) is 3.78. The molecule has 0 atom stereocenters. The first-order valence-electron chi connectivity index (χ1n) is 6.05. The van der Waals surface area contributed by atoms with Crippen LogP contribution in [0.5, 0.6) is 0 Å². The first kappa shape index (κ1) is 12.4. The average molecular weight is 278 g/mol. The van der Waals surface area contributed by atoms with E-state index in [0.29, 0.717) is 5.57 Å². The normalized spacial score (nSPS) is 12.1. The topological polar surface area (TPSA) is 49.8 Å². The Morgan fingerprint density at radius 3 is 2.90 bits per heavy atom. The maximum Gasteiger partial charge on any atom is 0.135 e. The minimum atomic E-state index is 0.550. The van der Waals surface area contributed by atoms with Gasteiger partial charge in [-0.2, -0.15) is 5.26 Å². The predicted octanol–water partition coefficient (Wildman–Crippen LogP) is 4.51. The van der Waals surface area contributed by atoms with E-state index in [9.17, 15) is 5.26 Å². The van der Waals surface area contributed by atoms with Crippen molar-refractivity contribution in [3.63, 3.8) is 0 Å². The standard InChI is InChI=1S/C16H10N2OS/c17-11-12(5-3-6-13-7-4-10-19-13)16-18-14-8-1-2-9-15(14)20-16/h1-10H. The lowest BCUT2D eigenvalue weighted by Crippen LogP contribution is -1.77. The number of allylic oxidation sites excluding steroid dienone is 3. The Kier molecular flexibility index (Phi) is 3.44. The molecule has 0 aliphatic rings. The minimum absolute atomic E-state index is 0.550. The van der Waals surface area contributed by atoms with Crippen molar-refractivity contribution >= 4 is 33.2 Å². The van der Waals surface area contributed by atoms with E-state index in [1.54, 1.807) is 18.4 Å². The Morgan fingerprint density at radius 1 is 1.25 bits per heavy atom. The largest absolute Gasteiger partial charge is 0.465 e. The summed E-state index contributed by atoms with van der Waals surface area (Å²) in [4.78, 5) is 4.47. The summed E-state index contributed by atoms with van der Waals surface area (Å²) in [5.74, 6) is 0.753. The van der Waals surface area contributed by atoms with Crippen LogP contribution in [0.1, 0.15) is 10.8 Å². The van der Waals surface area contributed by atoms with Gasteiger partial charge in [-0.3, -0.25) is 0 Å². The number of thiazole rings is 1. The van der Waals surface area contributed by atoms with Crippen LogP contribution in [-0.2, 0) is 0 Å². The summed E-state index contributed by atoms with van der Waals surface area (Å²) in [7, 11) is 0. The van der Waals surface area contributed by atoms with E-state index in [1.807, 2.05) is 42.5 Å². The van der Waals surface area contributed by atoms with Crippen molar-refractivity contribution in [1.82, 2.24) is 4.98 Å². The van der Waals surface area contributed by atoms with Crippen LogP contribution in [0.3, 0.4) is 0 Å². The van der Waals surface area contributed by atoms with Gasteiger partial charge in [0, 0.05) is 0 Å². The third-order valence-electron chi connectivity index (χ3n) is 2.71. The lowest BCUT2D eigenvalue weighted by atomic mass is 10.2. The predicted molar refractivity (Wildman–Crippen MR) is 81.0 cm³/mol. The summed E-state index contributed by atoms with van der Waals surface area (Å²) >= 11 is 1.52. The Hall–Kier alpha value is -2.64. The molecular formula is C16H10N2OS. The summed E-state index contributed by atoms with van der Waals surface area (Å²) in [6.07, 6.45) is 6.97. The fourth-order valence-corrected chi connectivity index (χ4v) is 2.71. The van der Waals surface area contributed by atoms with E-state index in [1.165, 1.54) is 11.3 Å². The van der Waals surface area contributed by atoms with E-state index in [2.05, 4.69) is 11.1 Å². The van der Waals surface area contributed by atoms with E-state index >= 15 is 0 Å². The summed E-state index contributed by atoms with van der Waals surface area (Å²) < 4.78 is 6.27. The zero-order valence-corrected chi connectivity index (χ0v) is 11.3. The van der Waals surface area contributed by atoms with Crippen LogP contribution in [0.15, 0.2) is 59.2 Å². The molecule has 20 heavy (non-hydrogen) atoms. The molecule has 0 amide bonds. The van der Waals surface area contributed by atoms with Crippen molar-refractivity contribution in [1.29, 1.82) is 5.26 Å². The molecule has 3 rings (SSSR count). The molecule has 4 heteroatoms. The van der Waals surface area contributed by atoms with E-state index in [0.717, 1.165) is 21.0 Å². The zero-order chi connectivity index (χ0) is 13.8. The molecule has 0 aliphatic carbocycles. The maximum absolute atomic E-state index is 9.25. The van der Waals surface area contributed by atoms with Gasteiger partial charge in [0.15, 0.2) is 0 Å². The van der Waals surface area contributed by atoms with Gasteiger partial charge >= 0.3 is 0 Å². The molecule has 0 spiro atoms. The first-order valence-corrected chi connectivity index (χ1v) is 6.86. The molecule has 96 valence electrons. The van der Waals surface area contributed by atoms with Crippen molar-refractivity contribution in [2.75, 3.05) is 0 Å². The fraction of sp³-hybridized carbons (Fsp3) is 0. The summed E-state index contributed by atoms with van der Waals surface area (Å²) in [5, 5.41) is 9.99. The molecule has 2 heterocycles. The lowest BCUT2D eigenvalue weighted by Gasteiger charge is -1.88. The highest BCUT2D eigenvalue weighted by molar-refractivity contribution is 7.19. The highest BCUT2D eigenvalue weighted by Crippen LogP contribution is 2.26. The van der Waals surface area contributed by atoms with Gasteiger partial charge in [-0.25, -0.2) is 4.98 Å². The third kappa shape index (κ3) is 2.53. The molecule has 0 saturated heterocycles.